The van der Waals surface area contributed by atoms with Crippen LogP contribution in [0.1, 0.15) is 111 Å². The maximum atomic E-state index is 12.3. The summed E-state index contributed by atoms with van der Waals surface area (Å²) in [5, 5.41) is 13.7. The number of hydrogen-bond donors (Lipinski definition) is 2. The van der Waals surface area contributed by atoms with Crippen molar-refractivity contribution in [3.63, 3.8) is 0 Å². The molecule has 1 saturated carbocycles. The van der Waals surface area contributed by atoms with Crippen LogP contribution < -0.4 is 5.32 Å². The van der Waals surface area contributed by atoms with Gasteiger partial charge in [-0.25, -0.2) is 4.79 Å². The highest BCUT2D eigenvalue weighted by atomic mass is 16.5. The fraction of sp³-hybridized carbons (Fsp3) is 0.885. The Kier molecular flexibility index (Phi) is 12.1. The summed E-state index contributed by atoms with van der Waals surface area (Å²) in [6.07, 6.45) is 19.3. The molecule has 0 aromatic heterocycles. The summed E-state index contributed by atoms with van der Waals surface area (Å²) in [4.78, 5) is 12.3. The average Bonchev–Trinajstić information content (AvgIpc) is 2.72. The van der Waals surface area contributed by atoms with Crippen molar-refractivity contribution in [1.29, 1.82) is 0 Å². The third-order valence-corrected chi connectivity index (χ3v) is 7.23. The SMILES string of the molecule is CCCCC/C=C/C(=O)O[C@@H]1C[C@H]2[C@@H](CCCC[C@H](O)CCC)CCC[C@H]2N[C@@H]1C. The van der Waals surface area contributed by atoms with Crippen LogP contribution in [0.2, 0.25) is 0 Å². The Balaban J connectivity index is 1.79. The van der Waals surface area contributed by atoms with Gasteiger partial charge >= 0.3 is 5.97 Å². The number of piperidine rings is 1. The second-order valence-electron chi connectivity index (χ2n) is 9.75. The molecular weight excluding hydrogens is 374 g/mol. The molecule has 0 spiro atoms. The Bertz CT molecular complexity index is 507. The molecule has 1 aliphatic carbocycles. The average molecular weight is 422 g/mol. The Hall–Kier alpha value is -0.870. The molecular formula is C26H47NO3. The van der Waals surface area contributed by atoms with Crippen molar-refractivity contribution in [1.82, 2.24) is 5.32 Å². The summed E-state index contributed by atoms with van der Waals surface area (Å²) in [6, 6.07) is 0.801. The van der Waals surface area contributed by atoms with E-state index < -0.39 is 0 Å². The minimum Gasteiger partial charge on any atom is -0.458 e. The molecule has 6 atom stereocenters. The topological polar surface area (TPSA) is 58.6 Å². The summed E-state index contributed by atoms with van der Waals surface area (Å²) in [5.41, 5.74) is 0. The van der Waals surface area contributed by atoms with E-state index in [4.69, 9.17) is 4.74 Å². The molecule has 4 nitrogen and oxygen atoms in total. The zero-order chi connectivity index (χ0) is 21.8. The normalized spacial score (nSPS) is 30.2. The van der Waals surface area contributed by atoms with Crippen LogP contribution in [0, 0.1) is 11.8 Å². The summed E-state index contributed by atoms with van der Waals surface area (Å²) in [6.45, 7) is 6.49. The highest BCUT2D eigenvalue weighted by Crippen LogP contribution is 2.40. The first-order valence-electron chi connectivity index (χ1n) is 12.9. The van der Waals surface area contributed by atoms with Gasteiger partial charge in [-0.15, -0.1) is 0 Å². The third kappa shape index (κ3) is 8.70. The van der Waals surface area contributed by atoms with Crippen molar-refractivity contribution in [2.75, 3.05) is 0 Å². The summed E-state index contributed by atoms with van der Waals surface area (Å²) in [7, 11) is 0. The fourth-order valence-electron chi connectivity index (χ4n) is 5.49. The van der Waals surface area contributed by atoms with Crippen molar-refractivity contribution in [3.8, 4) is 0 Å². The molecule has 2 aliphatic rings. The minimum atomic E-state index is -0.180. The molecule has 1 saturated heterocycles. The molecule has 0 amide bonds. The van der Waals surface area contributed by atoms with Gasteiger partial charge in [-0.05, 0) is 57.3 Å². The van der Waals surface area contributed by atoms with Gasteiger partial charge in [-0.3, -0.25) is 0 Å². The lowest BCUT2D eigenvalue weighted by atomic mass is 9.68. The first-order chi connectivity index (χ1) is 14.5. The van der Waals surface area contributed by atoms with Crippen molar-refractivity contribution >= 4 is 5.97 Å². The number of aliphatic hydroxyl groups is 1. The standard InChI is InChI=1S/C26H47NO3/c1-4-6-7-8-9-18-26(29)30-25-19-23-21(14-10-11-16-22(28)13-5-2)15-12-17-24(23)27-20(25)3/h9,18,20-25,27-28H,4-8,10-17,19H2,1-3H3/b18-9+/t20-,21+,22-,23+,24-,25-/m1/s1. The number of unbranched alkanes of at least 4 members (excludes halogenated alkanes) is 4. The van der Waals surface area contributed by atoms with E-state index in [0.717, 1.165) is 50.9 Å². The Labute approximate surface area is 185 Å². The van der Waals surface area contributed by atoms with E-state index in [1.807, 2.05) is 6.08 Å². The molecule has 174 valence electrons. The van der Waals surface area contributed by atoms with Gasteiger partial charge in [0.1, 0.15) is 6.10 Å². The second kappa shape index (κ2) is 14.2. The van der Waals surface area contributed by atoms with Gasteiger partial charge in [0, 0.05) is 18.2 Å². The summed E-state index contributed by atoms with van der Waals surface area (Å²) in [5.74, 6) is 1.15. The van der Waals surface area contributed by atoms with E-state index in [9.17, 15) is 9.90 Å². The van der Waals surface area contributed by atoms with Crippen LogP contribution in [0.3, 0.4) is 0 Å². The molecule has 1 heterocycles. The highest BCUT2D eigenvalue weighted by Gasteiger charge is 2.41. The van der Waals surface area contributed by atoms with Gasteiger partial charge in [0.15, 0.2) is 0 Å². The first kappa shape index (κ1) is 25.4. The Morgan fingerprint density at radius 1 is 1.13 bits per heavy atom. The molecule has 1 aliphatic heterocycles. The van der Waals surface area contributed by atoms with Crippen molar-refractivity contribution in [2.45, 2.75) is 135 Å². The van der Waals surface area contributed by atoms with Crippen LogP contribution >= 0.6 is 0 Å². The highest BCUT2D eigenvalue weighted by molar-refractivity contribution is 5.82. The molecule has 2 N–H and O–H groups in total. The van der Waals surface area contributed by atoms with E-state index in [2.05, 4.69) is 26.1 Å². The van der Waals surface area contributed by atoms with E-state index >= 15 is 0 Å². The number of fused-ring (bicyclic) bond motifs is 1. The number of rotatable bonds is 13. The molecule has 2 fully saturated rings. The molecule has 0 radical (unpaired) electrons. The zero-order valence-electron chi connectivity index (χ0n) is 19.8. The lowest BCUT2D eigenvalue weighted by Crippen LogP contribution is -2.57. The largest absolute Gasteiger partial charge is 0.458 e. The molecule has 2 rings (SSSR count). The molecule has 0 bridgehead atoms. The summed E-state index contributed by atoms with van der Waals surface area (Å²) >= 11 is 0. The van der Waals surface area contributed by atoms with Crippen molar-refractivity contribution < 1.29 is 14.6 Å². The van der Waals surface area contributed by atoms with Gasteiger partial charge in [-0.1, -0.05) is 71.3 Å². The fourth-order valence-corrected chi connectivity index (χ4v) is 5.49. The number of ether oxygens (including phenoxy) is 1. The number of esters is 1. The molecule has 30 heavy (non-hydrogen) atoms. The maximum absolute atomic E-state index is 12.3. The molecule has 0 unspecified atom stereocenters. The van der Waals surface area contributed by atoms with Gasteiger partial charge in [0.05, 0.1) is 6.10 Å². The number of nitrogens with one attached hydrogen (secondary N) is 1. The van der Waals surface area contributed by atoms with E-state index in [0.29, 0.717) is 12.0 Å². The van der Waals surface area contributed by atoms with Gasteiger partial charge in [-0.2, -0.15) is 0 Å². The van der Waals surface area contributed by atoms with Crippen LogP contribution in [-0.2, 0) is 9.53 Å². The first-order valence-corrected chi connectivity index (χ1v) is 12.9. The minimum absolute atomic E-state index is 0.0222. The van der Waals surface area contributed by atoms with Crippen molar-refractivity contribution in [3.05, 3.63) is 12.2 Å². The number of hydrogen-bond acceptors (Lipinski definition) is 4. The van der Waals surface area contributed by atoms with E-state index in [1.54, 1.807) is 6.08 Å². The van der Waals surface area contributed by atoms with Crippen LogP contribution in [0.15, 0.2) is 12.2 Å². The van der Waals surface area contributed by atoms with Gasteiger partial charge < -0.3 is 15.2 Å². The van der Waals surface area contributed by atoms with Crippen LogP contribution in [0.4, 0.5) is 0 Å². The quantitative estimate of drug-likeness (QED) is 0.220. The third-order valence-electron chi connectivity index (χ3n) is 7.23. The second-order valence-corrected chi connectivity index (χ2v) is 9.75. The predicted molar refractivity (Wildman–Crippen MR) is 124 cm³/mol. The summed E-state index contributed by atoms with van der Waals surface area (Å²) < 4.78 is 5.87. The van der Waals surface area contributed by atoms with Crippen LogP contribution in [-0.4, -0.2) is 35.4 Å². The van der Waals surface area contributed by atoms with Crippen LogP contribution in [0.25, 0.3) is 0 Å². The zero-order valence-corrected chi connectivity index (χ0v) is 19.8. The number of carbonyl (C=O) groups is 1. The van der Waals surface area contributed by atoms with E-state index in [1.165, 1.54) is 44.9 Å². The molecule has 0 aromatic rings. The van der Waals surface area contributed by atoms with Crippen molar-refractivity contribution in [2.24, 2.45) is 11.8 Å². The lowest BCUT2D eigenvalue weighted by Gasteiger charge is -2.47. The number of carbonyl (C=O) groups excluding carboxylic acids is 1. The Morgan fingerprint density at radius 2 is 1.97 bits per heavy atom. The van der Waals surface area contributed by atoms with Crippen LogP contribution in [0.5, 0.6) is 0 Å². The molecule has 0 aromatic carbocycles. The number of allylic oxidation sites excluding steroid dienone is 1. The maximum Gasteiger partial charge on any atom is 0.330 e. The lowest BCUT2D eigenvalue weighted by molar-refractivity contribution is -0.148. The number of aliphatic hydroxyl groups excluding tert-OH is 1. The van der Waals surface area contributed by atoms with E-state index in [-0.39, 0.29) is 24.2 Å². The predicted octanol–water partition coefficient (Wildman–Crippen LogP) is 5.92. The van der Waals surface area contributed by atoms with Gasteiger partial charge in [0.2, 0.25) is 0 Å². The molecule has 4 heteroatoms. The van der Waals surface area contributed by atoms with Gasteiger partial charge in [0.25, 0.3) is 0 Å². The Morgan fingerprint density at radius 3 is 2.73 bits per heavy atom. The smallest absolute Gasteiger partial charge is 0.330 e. The monoisotopic (exact) mass is 421 g/mol.